The lowest BCUT2D eigenvalue weighted by atomic mass is 9.89. The molecule has 0 spiro atoms. The van der Waals surface area contributed by atoms with Crippen molar-refractivity contribution in [3.63, 3.8) is 0 Å². The van der Waals surface area contributed by atoms with Crippen LogP contribution in [0.3, 0.4) is 0 Å². The number of likely N-dealkylation sites (N-methyl/N-ethyl adjacent to an activating group) is 1. The lowest BCUT2D eigenvalue weighted by Gasteiger charge is -2.39. The number of aliphatic hydroxyl groups excluding tert-OH is 1. The highest BCUT2D eigenvalue weighted by Crippen LogP contribution is 2.26. The van der Waals surface area contributed by atoms with E-state index in [2.05, 4.69) is 30.9 Å². The lowest BCUT2D eigenvalue weighted by molar-refractivity contribution is -0.0565. The second-order valence-electron chi connectivity index (χ2n) is 5.59. The van der Waals surface area contributed by atoms with Crippen molar-refractivity contribution in [1.29, 1.82) is 0 Å². The molecule has 1 fully saturated rings. The number of ether oxygens (including phenoxy) is 1. The van der Waals surface area contributed by atoms with Crippen LogP contribution >= 0.6 is 0 Å². The molecule has 0 aliphatic heterocycles. The van der Waals surface area contributed by atoms with Gasteiger partial charge in [0, 0.05) is 6.04 Å². The summed E-state index contributed by atoms with van der Waals surface area (Å²) in [6.45, 7) is 6.97. The smallest absolute Gasteiger partial charge is 0.0720 e. The third-order valence-corrected chi connectivity index (χ3v) is 4.34. The number of hydrogen-bond donors (Lipinski definition) is 1. The first-order valence-corrected chi connectivity index (χ1v) is 7.82. The molecule has 1 aliphatic carbocycles. The van der Waals surface area contributed by atoms with Crippen molar-refractivity contribution in [3.8, 4) is 0 Å². The summed E-state index contributed by atoms with van der Waals surface area (Å²) in [4.78, 5) is 2.35. The van der Waals surface area contributed by atoms with E-state index in [1.165, 1.54) is 5.56 Å². The molecule has 3 heteroatoms. The Hall–Kier alpha value is -0.900. The molecule has 0 bridgehead atoms. The van der Waals surface area contributed by atoms with Crippen molar-refractivity contribution in [2.75, 3.05) is 13.1 Å². The maximum Gasteiger partial charge on any atom is 0.0720 e. The molecule has 3 nitrogen and oxygen atoms in total. The van der Waals surface area contributed by atoms with Crippen LogP contribution in [0, 0.1) is 0 Å². The normalized spacial score (nSPS) is 26.9. The standard InChI is InChI=1S/C17H27NO2/c1-3-18(4-2)16-12-15(10-11-17(16)19)20-13-14-8-6-5-7-9-14/h5-9,15-17,19H,3-4,10-13H2,1-2H3/t15-,16+,17+/m0/s1. The first-order valence-electron chi connectivity index (χ1n) is 7.82. The van der Waals surface area contributed by atoms with E-state index in [9.17, 15) is 5.11 Å². The highest BCUT2D eigenvalue weighted by molar-refractivity contribution is 5.13. The maximum absolute atomic E-state index is 10.2. The molecule has 1 saturated carbocycles. The molecule has 0 amide bonds. The zero-order valence-corrected chi connectivity index (χ0v) is 12.7. The van der Waals surface area contributed by atoms with Crippen LogP contribution in [0.15, 0.2) is 30.3 Å². The number of benzene rings is 1. The van der Waals surface area contributed by atoms with E-state index in [0.717, 1.165) is 32.4 Å². The third-order valence-electron chi connectivity index (χ3n) is 4.34. The molecule has 0 radical (unpaired) electrons. The van der Waals surface area contributed by atoms with E-state index in [4.69, 9.17) is 4.74 Å². The summed E-state index contributed by atoms with van der Waals surface area (Å²) in [5, 5.41) is 10.2. The van der Waals surface area contributed by atoms with E-state index in [-0.39, 0.29) is 18.2 Å². The molecule has 1 aromatic rings. The van der Waals surface area contributed by atoms with Crippen molar-refractivity contribution in [2.24, 2.45) is 0 Å². The van der Waals surface area contributed by atoms with Gasteiger partial charge in [-0.3, -0.25) is 4.90 Å². The van der Waals surface area contributed by atoms with Gasteiger partial charge < -0.3 is 9.84 Å². The van der Waals surface area contributed by atoms with E-state index < -0.39 is 0 Å². The Kier molecular flexibility index (Phi) is 6.02. The van der Waals surface area contributed by atoms with Gasteiger partial charge in [0.05, 0.1) is 18.8 Å². The second kappa shape index (κ2) is 7.77. The van der Waals surface area contributed by atoms with Gasteiger partial charge >= 0.3 is 0 Å². The predicted molar refractivity (Wildman–Crippen MR) is 81.6 cm³/mol. The molecule has 1 aliphatic rings. The summed E-state index contributed by atoms with van der Waals surface area (Å²) in [7, 11) is 0. The fourth-order valence-electron chi connectivity index (χ4n) is 3.12. The van der Waals surface area contributed by atoms with Crippen LogP contribution in [0.2, 0.25) is 0 Å². The zero-order chi connectivity index (χ0) is 14.4. The molecule has 0 heterocycles. The van der Waals surface area contributed by atoms with E-state index in [1.54, 1.807) is 0 Å². The van der Waals surface area contributed by atoms with Crippen LogP contribution in [0.1, 0.15) is 38.7 Å². The van der Waals surface area contributed by atoms with Crippen molar-refractivity contribution in [1.82, 2.24) is 4.90 Å². The van der Waals surface area contributed by atoms with Crippen LogP contribution < -0.4 is 0 Å². The Morgan fingerprint density at radius 2 is 1.85 bits per heavy atom. The molecular formula is C17H27NO2. The van der Waals surface area contributed by atoms with Gasteiger partial charge in [-0.05, 0) is 37.9 Å². The molecule has 1 aromatic carbocycles. The minimum atomic E-state index is -0.202. The molecule has 0 aromatic heterocycles. The van der Waals surface area contributed by atoms with E-state index >= 15 is 0 Å². The third kappa shape index (κ3) is 4.05. The average Bonchev–Trinajstić information content (AvgIpc) is 2.50. The van der Waals surface area contributed by atoms with Gasteiger partial charge in [0.2, 0.25) is 0 Å². The highest BCUT2D eigenvalue weighted by atomic mass is 16.5. The Balaban J connectivity index is 1.87. The van der Waals surface area contributed by atoms with Gasteiger partial charge in [-0.15, -0.1) is 0 Å². The van der Waals surface area contributed by atoms with Crippen molar-refractivity contribution in [2.45, 2.75) is 58.0 Å². The summed E-state index contributed by atoms with van der Waals surface area (Å²) < 4.78 is 6.05. The van der Waals surface area contributed by atoms with Crippen LogP contribution in [0.25, 0.3) is 0 Å². The molecule has 0 saturated heterocycles. The number of rotatable bonds is 6. The van der Waals surface area contributed by atoms with Gasteiger partial charge in [0.1, 0.15) is 0 Å². The number of nitrogens with zero attached hydrogens (tertiary/aromatic N) is 1. The minimum absolute atomic E-state index is 0.202. The van der Waals surface area contributed by atoms with Crippen LogP contribution in [-0.4, -0.2) is 41.3 Å². The SMILES string of the molecule is CCN(CC)[C@@H]1C[C@@H](OCc2ccccc2)CC[C@H]1O. The Bertz CT molecular complexity index is 378. The molecule has 0 unspecified atom stereocenters. The molecular weight excluding hydrogens is 250 g/mol. The Morgan fingerprint density at radius 1 is 1.15 bits per heavy atom. The van der Waals surface area contributed by atoms with Crippen molar-refractivity contribution in [3.05, 3.63) is 35.9 Å². The number of aliphatic hydroxyl groups is 1. The molecule has 2 rings (SSSR count). The number of hydrogen-bond acceptors (Lipinski definition) is 3. The monoisotopic (exact) mass is 277 g/mol. The van der Waals surface area contributed by atoms with Crippen molar-refractivity contribution >= 4 is 0 Å². The summed E-state index contributed by atoms with van der Waals surface area (Å²) in [6, 6.07) is 10.6. The van der Waals surface area contributed by atoms with Crippen LogP contribution in [0.4, 0.5) is 0 Å². The summed E-state index contributed by atoms with van der Waals surface area (Å²) in [5.74, 6) is 0. The topological polar surface area (TPSA) is 32.7 Å². The Labute approximate surface area is 122 Å². The van der Waals surface area contributed by atoms with Gasteiger partial charge in [0.25, 0.3) is 0 Å². The van der Waals surface area contributed by atoms with E-state index in [1.807, 2.05) is 18.2 Å². The van der Waals surface area contributed by atoms with Crippen LogP contribution in [0.5, 0.6) is 0 Å². The highest BCUT2D eigenvalue weighted by Gasteiger charge is 2.32. The fourth-order valence-corrected chi connectivity index (χ4v) is 3.12. The molecule has 112 valence electrons. The fraction of sp³-hybridized carbons (Fsp3) is 0.647. The van der Waals surface area contributed by atoms with Gasteiger partial charge in [0.15, 0.2) is 0 Å². The molecule has 20 heavy (non-hydrogen) atoms. The first kappa shape index (κ1) is 15.5. The second-order valence-corrected chi connectivity index (χ2v) is 5.59. The zero-order valence-electron chi connectivity index (χ0n) is 12.7. The van der Waals surface area contributed by atoms with Gasteiger partial charge in [-0.1, -0.05) is 44.2 Å². The van der Waals surface area contributed by atoms with Crippen molar-refractivity contribution < 1.29 is 9.84 Å². The Morgan fingerprint density at radius 3 is 2.50 bits per heavy atom. The van der Waals surface area contributed by atoms with Gasteiger partial charge in [-0.25, -0.2) is 0 Å². The summed E-state index contributed by atoms with van der Waals surface area (Å²) >= 11 is 0. The lowest BCUT2D eigenvalue weighted by Crippen LogP contribution is -2.48. The largest absolute Gasteiger partial charge is 0.391 e. The van der Waals surface area contributed by atoms with E-state index in [0.29, 0.717) is 6.61 Å². The summed E-state index contributed by atoms with van der Waals surface area (Å²) in [5.41, 5.74) is 1.22. The van der Waals surface area contributed by atoms with Crippen LogP contribution in [-0.2, 0) is 11.3 Å². The predicted octanol–water partition coefficient (Wildman–Crippen LogP) is 2.83. The minimum Gasteiger partial charge on any atom is -0.391 e. The summed E-state index contributed by atoms with van der Waals surface area (Å²) in [6.07, 6.45) is 2.82. The molecule has 1 N–H and O–H groups in total. The first-order chi connectivity index (χ1) is 9.74. The quantitative estimate of drug-likeness (QED) is 0.868. The average molecular weight is 277 g/mol. The van der Waals surface area contributed by atoms with Gasteiger partial charge in [-0.2, -0.15) is 0 Å². The molecule has 3 atom stereocenters. The maximum atomic E-state index is 10.2.